The van der Waals surface area contributed by atoms with Gasteiger partial charge in [0.1, 0.15) is 6.10 Å². The van der Waals surface area contributed by atoms with E-state index >= 15 is 0 Å². The molecule has 0 bridgehead atoms. The average molecular weight is 364 g/mol. The van der Waals surface area contributed by atoms with Crippen LogP contribution in [-0.4, -0.2) is 22.5 Å². The highest BCUT2D eigenvalue weighted by atomic mass is 35.5. The summed E-state index contributed by atoms with van der Waals surface area (Å²) in [5.74, 6) is 0.0391. The number of aliphatic hydroxyl groups is 1. The van der Waals surface area contributed by atoms with E-state index in [1.165, 1.54) is 0 Å². The van der Waals surface area contributed by atoms with Crippen LogP contribution in [-0.2, 0) is 4.79 Å². The Balaban J connectivity index is 2.06. The lowest BCUT2D eigenvalue weighted by molar-refractivity contribution is -0.139. The van der Waals surface area contributed by atoms with Crippen LogP contribution in [0.15, 0.2) is 48.5 Å². The van der Waals surface area contributed by atoms with E-state index in [1.807, 2.05) is 30.3 Å². The smallest absolute Gasteiger partial charge is 0.223 e. The van der Waals surface area contributed by atoms with E-state index in [4.69, 9.17) is 23.2 Å². The molecule has 0 radical (unpaired) electrons. The van der Waals surface area contributed by atoms with Crippen molar-refractivity contribution in [3.63, 3.8) is 0 Å². The Morgan fingerprint density at radius 2 is 1.50 bits per heavy atom. The maximum Gasteiger partial charge on any atom is 0.223 e. The molecule has 0 aliphatic carbocycles. The second kappa shape index (κ2) is 7.56. The fraction of sp³-hybridized carbons (Fsp3) is 0.316. The molecule has 126 valence electrons. The van der Waals surface area contributed by atoms with Crippen LogP contribution >= 0.6 is 23.2 Å². The van der Waals surface area contributed by atoms with Crippen molar-refractivity contribution in [2.24, 2.45) is 0 Å². The summed E-state index contributed by atoms with van der Waals surface area (Å²) < 4.78 is 0. The summed E-state index contributed by atoms with van der Waals surface area (Å²) in [6.07, 6.45) is 1.35. The first kappa shape index (κ1) is 17.3. The molecule has 1 aliphatic heterocycles. The summed E-state index contributed by atoms with van der Waals surface area (Å²) in [6, 6.07) is 13.9. The minimum absolute atomic E-state index is 0.0391. The topological polar surface area (TPSA) is 40.5 Å². The SMILES string of the molecule is O=C1CCCCN1C(c1ccccc1Cl)C(O)c1ccccc1Cl. The summed E-state index contributed by atoms with van der Waals surface area (Å²) >= 11 is 12.6. The van der Waals surface area contributed by atoms with Gasteiger partial charge in [0.05, 0.1) is 6.04 Å². The van der Waals surface area contributed by atoms with Crippen molar-refractivity contribution in [3.05, 3.63) is 69.7 Å². The molecule has 1 N–H and O–H groups in total. The van der Waals surface area contributed by atoms with E-state index in [1.54, 1.807) is 23.1 Å². The van der Waals surface area contributed by atoms with Crippen molar-refractivity contribution in [3.8, 4) is 0 Å². The Bertz CT molecular complexity index is 735. The normalized spacial score (nSPS) is 17.6. The van der Waals surface area contributed by atoms with Gasteiger partial charge in [0, 0.05) is 28.6 Å². The van der Waals surface area contributed by atoms with Gasteiger partial charge in [-0.05, 0) is 30.5 Å². The van der Waals surface area contributed by atoms with Crippen molar-refractivity contribution in [2.45, 2.75) is 31.4 Å². The van der Waals surface area contributed by atoms with E-state index in [0.717, 1.165) is 18.4 Å². The lowest BCUT2D eigenvalue weighted by atomic mass is 9.92. The number of nitrogens with zero attached hydrogens (tertiary/aromatic N) is 1. The Labute approximate surface area is 151 Å². The van der Waals surface area contributed by atoms with Gasteiger partial charge in [-0.2, -0.15) is 0 Å². The molecule has 0 saturated carbocycles. The molecule has 2 aromatic carbocycles. The van der Waals surface area contributed by atoms with E-state index in [-0.39, 0.29) is 5.91 Å². The molecule has 1 saturated heterocycles. The molecule has 2 unspecified atom stereocenters. The maximum absolute atomic E-state index is 12.5. The van der Waals surface area contributed by atoms with Gasteiger partial charge < -0.3 is 10.0 Å². The highest BCUT2D eigenvalue weighted by molar-refractivity contribution is 6.31. The number of amides is 1. The van der Waals surface area contributed by atoms with Crippen molar-refractivity contribution in [1.82, 2.24) is 4.90 Å². The van der Waals surface area contributed by atoms with Crippen molar-refractivity contribution >= 4 is 29.1 Å². The van der Waals surface area contributed by atoms with Crippen molar-refractivity contribution in [2.75, 3.05) is 6.54 Å². The third-order valence-electron chi connectivity index (χ3n) is 4.44. The number of benzene rings is 2. The number of carbonyl (C=O) groups excluding carboxylic acids is 1. The van der Waals surface area contributed by atoms with Crippen LogP contribution in [0.4, 0.5) is 0 Å². The summed E-state index contributed by atoms with van der Waals surface area (Å²) in [6.45, 7) is 0.607. The van der Waals surface area contributed by atoms with Crippen molar-refractivity contribution < 1.29 is 9.90 Å². The predicted octanol–water partition coefficient (Wildman–Crippen LogP) is 4.78. The second-order valence-corrected chi connectivity index (χ2v) is 6.79. The number of aliphatic hydroxyl groups excluding tert-OH is 1. The van der Waals surface area contributed by atoms with Crippen LogP contribution in [0.25, 0.3) is 0 Å². The molecule has 3 rings (SSSR count). The predicted molar refractivity (Wildman–Crippen MR) is 96.2 cm³/mol. The maximum atomic E-state index is 12.5. The molecule has 0 spiro atoms. The Kier molecular flexibility index (Phi) is 5.44. The Morgan fingerprint density at radius 3 is 2.08 bits per heavy atom. The lowest BCUT2D eigenvalue weighted by Gasteiger charge is -2.38. The van der Waals surface area contributed by atoms with Gasteiger partial charge in [0.2, 0.25) is 5.91 Å². The number of carbonyl (C=O) groups is 1. The van der Waals surface area contributed by atoms with Crippen LogP contribution in [0.2, 0.25) is 10.0 Å². The van der Waals surface area contributed by atoms with E-state index in [0.29, 0.717) is 28.6 Å². The largest absolute Gasteiger partial charge is 0.386 e. The number of rotatable bonds is 4. The van der Waals surface area contributed by atoms with E-state index in [2.05, 4.69) is 0 Å². The zero-order valence-corrected chi connectivity index (χ0v) is 14.7. The highest BCUT2D eigenvalue weighted by Gasteiger charge is 2.35. The number of piperidine rings is 1. The van der Waals surface area contributed by atoms with Crippen LogP contribution in [0, 0.1) is 0 Å². The van der Waals surface area contributed by atoms with Crippen LogP contribution < -0.4 is 0 Å². The molecule has 0 aromatic heterocycles. The first-order valence-corrected chi connectivity index (χ1v) is 8.81. The molecule has 1 heterocycles. The monoisotopic (exact) mass is 363 g/mol. The van der Waals surface area contributed by atoms with Crippen LogP contribution in [0.3, 0.4) is 0 Å². The van der Waals surface area contributed by atoms with Crippen molar-refractivity contribution in [1.29, 1.82) is 0 Å². The van der Waals surface area contributed by atoms with Crippen LogP contribution in [0.1, 0.15) is 42.5 Å². The number of likely N-dealkylation sites (tertiary alicyclic amines) is 1. The molecule has 1 amide bonds. The van der Waals surface area contributed by atoms with Gasteiger partial charge in [-0.25, -0.2) is 0 Å². The number of hydrogen-bond acceptors (Lipinski definition) is 2. The minimum atomic E-state index is -0.944. The summed E-state index contributed by atoms with van der Waals surface area (Å²) in [5, 5.41) is 12.1. The third-order valence-corrected chi connectivity index (χ3v) is 5.13. The average Bonchev–Trinajstić information content (AvgIpc) is 2.58. The van der Waals surface area contributed by atoms with Gasteiger partial charge in [-0.3, -0.25) is 4.79 Å². The Hall–Kier alpha value is -1.55. The fourth-order valence-electron chi connectivity index (χ4n) is 3.23. The summed E-state index contributed by atoms with van der Waals surface area (Å²) in [7, 11) is 0. The zero-order chi connectivity index (χ0) is 17.1. The molecular weight excluding hydrogens is 345 g/mol. The molecule has 24 heavy (non-hydrogen) atoms. The number of halogens is 2. The molecule has 2 atom stereocenters. The van der Waals surface area contributed by atoms with Crippen LogP contribution in [0.5, 0.6) is 0 Å². The molecule has 3 nitrogen and oxygen atoms in total. The molecular formula is C19H19Cl2NO2. The number of hydrogen-bond donors (Lipinski definition) is 1. The molecule has 5 heteroatoms. The molecule has 1 fully saturated rings. The molecule has 1 aliphatic rings. The standard InChI is InChI=1S/C19H19Cl2NO2/c20-15-9-3-1-7-13(15)18(22-12-6-5-11-17(22)23)19(24)14-8-2-4-10-16(14)21/h1-4,7-10,18-19,24H,5-6,11-12H2. The van der Waals surface area contributed by atoms with Gasteiger partial charge in [0.25, 0.3) is 0 Å². The second-order valence-electron chi connectivity index (χ2n) is 5.98. The van der Waals surface area contributed by atoms with Gasteiger partial charge >= 0.3 is 0 Å². The molecule has 2 aromatic rings. The first-order valence-electron chi connectivity index (χ1n) is 8.06. The van der Waals surface area contributed by atoms with E-state index in [9.17, 15) is 9.90 Å². The fourth-order valence-corrected chi connectivity index (χ4v) is 3.72. The highest BCUT2D eigenvalue weighted by Crippen LogP contribution is 2.40. The third kappa shape index (κ3) is 3.44. The van der Waals surface area contributed by atoms with E-state index < -0.39 is 12.1 Å². The minimum Gasteiger partial charge on any atom is -0.386 e. The van der Waals surface area contributed by atoms with Gasteiger partial charge in [-0.15, -0.1) is 0 Å². The van der Waals surface area contributed by atoms with Gasteiger partial charge in [0.15, 0.2) is 0 Å². The lowest BCUT2D eigenvalue weighted by Crippen LogP contribution is -2.41. The quantitative estimate of drug-likeness (QED) is 0.848. The first-order chi connectivity index (χ1) is 11.6. The summed E-state index contributed by atoms with van der Waals surface area (Å²) in [4.78, 5) is 14.2. The summed E-state index contributed by atoms with van der Waals surface area (Å²) in [5.41, 5.74) is 1.34. The Morgan fingerprint density at radius 1 is 0.917 bits per heavy atom. The zero-order valence-electron chi connectivity index (χ0n) is 13.2. The van der Waals surface area contributed by atoms with Gasteiger partial charge in [-0.1, -0.05) is 59.6 Å².